The number of carboxylic acids is 1. The summed E-state index contributed by atoms with van der Waals surface area (Å²) >= 11 is 0. The molecule has 150 valence electrons. The number of rotatable bonds is 4. The summed E-state index contributed by atoms with van der Waals surface area (Å²) in [5.41, 5.74) is -0.754. The standard InChI is InChI=1S/C18H15F3N4O2.Pt/c1-17(2,14-8-4-6-11(23-14)16(26)27)13-7-3-5-10(22-13)12-9-15(25-24-12)18(19,20)21;/h3-9H,1-2H3,(H2,22,24,25,26,27);/p-1. The van der Waals surface area contributed by atoms with Crippen LogP contribution in [0.25, 0.3) is 11.4 Å². The number of halogens is 3. The largest absolute Gasteiger partial charge is 0.573 e. The van der Waals surface area contributed by atoms with Gasteiger partial charge in [0, 0.05) is 32.2 Å². The molecular weight excluding hydrogens is 556 g/mol. The molecule has 0 unspecified atom stereocenters. The molecule has 0 spiro atoms. The van der Waals surface area contributed by atoms with Gasteiger partial charge in [0.05, 0.1) is 11.4 Å². The van der Waals surface area contributed by atoms with Gasteiger partial charge in [0.2, 0.25) is 0 Å². The van der Waals surface area contributed by atoms with Crippen LogP contribution in [0.3, 0.4) is 0 Å². The van der Waals surface area contributed by atoms with Crippen molar-refractivity contribution in [2.75, 3.05) is 0 Å². The Hall–Kier alpha value is -2.54. The molecule has 3 aromatic heterocycles. The van der Waals surface area contributed by atoms with E-state index in [0.717, 1.165) is 6.07 Å². The van der Waals surface area contributed by atoms with Gasteiger partial charge in [0.25, 0.3) is 0 Å². The van der Waals surface area contributed by atoms with Crippen molar-refractivity contribution in [1.29, 1.82) is 0 Å². The summed E-state index contributed by atoms with van der Waals surface area (Å²) in [6.45, 7) is 3.59. The molecule has 3 rings (SSSR count). The number of aromatic carboxylic acids is 1. The minimum atomic E-state index is -4.58. The summed E-state index contributed by atoms with van der Waals surface area (Å²) in [6.07, 6.45) is -4.58. The fraction of sp³-hybridized carbons (Fsp3) is 0.222. The third-order valence-electron chi connectivity index (χ3n) is 4.09. The molecule has 0 saturated heterocycles. The zero-order chi connectivity index (χ0) is 19.8. The number of carboxylic acid groups (broad SMARTS) is 1. The Morgan fingerprint density at radius 3 is 2.18 bits per heavy atom. The molecule has 0 atom stereocenters. The Kier molecular flexibility index (Phi) is 6.08. The van der Waals surface area contributed by atoms with Crippen molar-refractivity contribution in [3.8, 4) is 11.4 Å². The van der Waals surface area contributed by atoms with Crippen LogP contribution in [-0.4, -0.2) is 26.1 Å². The van der Waals surface area contributed by atoms with Gasteiger partial charge in [-0.2, -0.15) is 13.2 Å². The van der Waals surface area contributed by atoms with Crippen LogP contribution in [0.1, 0.15) is 41.4 Å². The van der Waals surface area contributed by atoms with Crippen LogP contribution in [0.4, 0.5) is 13.2 Å². The second-order valence-corrected chi connectivity index (χ2v) is 6.36. The molecule has 0 aliphatic carbocycles. The van der Waals surface area contributed by atoms with Crippen molar-refractivity contribution < 1.29 is 44.1 Å². The maximum absolute atomic E-state index is 12.7. The van der Waals surface area contributed by atoms with Gasteiger partial charge in [0.15, 0.2) is 0 Å². The van der Waals surface area contributed by atoms with Crippen molar-refractivity contribution in [2.45, 2.75) is 25.4 Å². The van der Waals surface area contributed by atoms with Gasteiger partial charge in [-0.1, -0.05) is 17.8 Å². The molecule has 0 aliphatic rings. The first-order valence-electron chi connectivity index (χ1n) is 7.85. The second-order valence-electron chi connectivity index (χ2n) is 6.36. The SMILES string of the molecule is CC(C)(c1cccc(C(=O)O)n1)c1cccc(-c2cc(C(F)(F)F)n[n-]2)n1.[Pt]. The number of nitrogens with zero attached hydrogens (tertiary/aromatic N) is 4. The van der Waals surface area contributed by atoms with Gasteiger partial charge < -0.3 is 15.3 Å². The van der Waals surface area contributed by atoms with Crippen molar-refractivity contribution in [2.24, 2.45) is 0 Å². The van der Waals surface area contributed by atoms with Crippen LogP contribution in [0.2, 0.25) is 0 Å². The maximum atomic E-state index is 12.7. The van der Waals surface area contributed by atoms with E-state index in [1.165, 1.54) is 12.1 Å². The van der Waals surface area contributed by atoms with E-state index in [-0.39, 0.29) is 38.1 Å². The molecule has 3 heterocycles. The van der Waals surface area contributed by atoms with Crippen molar-refractivity contribution in [3.63, 3.8) is 0 Å². The average Bonchev–Trinajstić information content (AvgIpc) is 3.12. The van der Waals surface area contributed by atoms with Crippen LogP contribution in [-0.2, 0) is 32.7 Å². The summed E-state index contributed by atoms with van der Waals surface area (Å²) < 4.78 is 38.2. The summed E-state index contributed by atoms with van der Waals surface area (Å²) in [7, 11) is 0. The first-order chi connectivity index (χ1) is 12.6. The number of hydrogen-bond donors (Lipinski definition) is 1. The van der Waals surface area contributed by atoms with Gasteiger partial charge in [-0.3, -0.25) is 4.98 Å². The molecule has 10 heteroatoms. The molecule has 0 saturated carbocycles. The fourth-order valence-electron chi connectivity index (χ4n) is 2.52. The van der Waals surface area contributed by atoms with Crippen LogP contribution in [0, 0.1) is 0 Å². The van der Waals surface area contributed by atoms with E-state index in [0.29, 0.717) is 11.4 Å². The first kappa shape index (κ1) is 21.8. The number of carbonyl (C=O) groups is 1. The summed E-state index contributed by atoms with van der Waals surface area (Å²) in [5.74, 6) is -1.15. The van der Waals surface area contributed by atoms with Crippen LogP contribution < -0.4 is 5.10 Å². The van der Waals surface area contributed by atoms with E-state index >= 15 is 0 Å². The minimum absolute atomic E-state index is 0. The Morgan fingerprint density at radius 2 is 1.61 bits per heavy atom. The predicted octanol–water partition coefficient (Wildman–Crippen LogP) is 3.54. The van der Waals surface area contributed by atoms with Crippen molar-refractivity contribution in [1.82, 2.24) is 20.2 Å². The molecule has 0 radical (unpaired) electrons. The monoisotopic (exact) mass is 570 g/mol. The van der Waals surface area contributed by atoms with Crippen molar-refractivity contribution in [3.05, 3.63) is 65.2 Å². The molecule has 0 aromatic carbocycles. The second kappa shape index (κ2) is 7.83. The third-order valence-corrected chi connectivity index (χ3v) is 4.09. The number of alkyl halides is 3. The topological polar surface area (TPSA) is 90.1 Å². The van der Waals surface area contributed by atoms with Crippen molar-refractivity contribution >= 4 is 5.97 Å². The smallest absolute Gasteiger partial charge is 0.431 e. The first-order valence-corrected chi connectivity index (χ1v) is 7.85. The molecule has 28 heavy (non-hydrogen) atoms. The molecular formula is C18H14F3N4O2Pt-. The summed E-state index contributed by atoms with van der Waals surface area (Å²) in [5, 5.41) is 15.8. The third kappa shape index (κ3) is 4.30. The maximum Gasteiger partial charge on any atom is 0.431 e. The Morgan fingerprint density at radius 1 is 1.00 bits per heavy atom. The van der Waals surface area contributed by atoms with Gasteiger partial charge in [0.1, 0.15) is 11.4 Å². The number of hydrogen-bond acceptors (Lipinski definition) is 4. The number of pyridine rings is 2. The van der Waals surface area contributed by atoms with Gasteiger partial charge in [-0.15, -0.1) is 0 Å². The van der Waals surface area contributed by atoms with Crippen LogP contribution in [0.15, 0.2) is 42.5 Å². The normalized spacial score (nSPS) is 11.8. The van der Waals surface area contributed by atoms with E-state index in [9.17, 15) is 18.0 Å². The summed E-state index contributed by atoms with van der Waals surface area (Å²) in [6, 6.07) is 10.3. The fourth-order valence-corrected chi connectivity index (χ4v) is 2.52. The minimum Gasteiger partial charge on any atom is -0.573 e. The van der Waals surface area contributed by atoms with E-state index in [4.69, 9.17) is 5.11 Å². The Balaban J connectivity index is 0.00000280. The average molecular weight is 570 g/mol. The Labute approximate surface area is 172 Å². The van der Waals surface area contributed by atoms with Gasteiger partial charge in [-0.25, -0.2) is 9.78 Å². The zero-order valence-corrected chi connectivity index (χ0v) is 16.9. The molecule has 0 fully saturated rings. The number of aromatic nitrogens is 4. The van der Waals surface area contributed by atoms with Crippen LogP contribution >= 0.6 is 0 Å². The van der Waals surface area contributed by atoms with Gasteiger partial charge in [-0.05, 0) is 44.2 Å². The molecule has 6 nitrogen and oxygen atoms in total. The Bertz CT molecular complexity index is 1000. The predicted molar refractivity (Wildman–Crippen MR) is 89.1 cm³/mol. The quantitative estimate of drug-likeness (QED) is 0.517. The van der Waals surface area contributed by atoms with E-state index in [1.807, 2.05) is 0 Å². The summed E-state index contributed by atoms with van der Waals surface area (Å²) in [4.78, 5) is 19.7. The molecule has 0 amide bonds. The van der Waals surface area contributed by atoms with Crippen LogP contribution in [0.5, 0.6) is 0 Å². The zero-order valence-electron chi connectivity index (χ0n) is 14.6. The molecule has 3 aromatic rings. The van der Waals surface area contributed by atoms with E-state index in [1.54, 1.807) is 38.1 Å². The molecule has 0 aliphatic heterocycles. The molecule has 0 bridgehead atoms. The van der Waals surface area contributed by atoms with Gasteiger partial charge >= 0.3 is 12.1 Å². The van der Waals surface area contributed by atoms with E-state index < -0.39 is 23.3 Å². The van der Waals surface area contributed by atoms with E-state index in [2.05, 4.69) is 20.2 Å². The molecule has 1 N–H and O–H groups in total.